The molecule has 70 valence electrons. The van der Waals surface area contributed by atoms with Crippen molar-refractivity contribution in [3.05, 3.63) is 45.5 Å². The zero-order valence-corrected chi connectivity index (χ0v) is 6.95. The number of fused-ring (bicyclic) bond motifs is 1. The highest BCUT2D eigenvalue weighted by molar-refractivity contribution is 5.96. The third-order valence-electron chi connectivity index (χ3n) is 1.93. The quantitative estimate of drug-likeness (QED) is 0.498. The predicted octanol–water partition coefficient (Wildman–Crippen LogP) is 1.57. The van der Waals surface area contributed by atoms with Crippen molar-refractivity contribution in [3.63, 3.8) is 0 Å². The fourth-order valence-corrected chi connectivity index (χ4v) is 1.30. The normalized spacial score (nSPS) is 19.1. The number of nitro groups is 1. The molecule has 0 aromatic heterocycles. The fourth-order valence-electron chi connectivity index (χ4n) is 1.30. The van der Waals surface area contributed by atoms with E-state index in [1.807, 2.05) is 0 Å². The molecule has 1 heterocycles. The summed E-state index contributed by atoms with van der Waals surface area (Å²) in [6, 6.07) is 6.28. The predicted molar refractivity (Wildman–Crippen MR) is 45.4 cm³/mol. The van der Waals surface area contributed by atoms with E-state index in [-0.39, 0.29) is 5.56 Å². The third kappa shape index (κ3) is 1.17. The van der Waals surface area contributed by atoms with E-state index < -0.39 is 17.0 Å². The summed E-state index contributed by atoms with van der Waals surface area (Å²) in [4.78, 5) is 21.2. The van der Waals surface area contributed by atoms with Crippen LogP contribution >= 0.6 is 0 Å². The van der Waals surface area contributed by atoms with Gasteiger partial charge in [-0.1, -0.05) is 12.1 Å². The van der Waals surface area contributed by atoms with Crippen molar-refractivity contribution in [1.29, 1.82) is 0 Å². The Morgan fingerprint density at radius 1 is 1.36 bits per heavy atom. The van der Waals surface area contributed by atoms with Crippen molar-refractivity contribution in [2.45, 2.75) is 6.17 Å². The van der Waals surface area contributed by atoms with Crippen LogP contribution < -0.4 is 0 Å². The summed E-state index contributed by atoms with van der Waals surface area (Å²) in [5.74, 6) is -0.529. The summed E-state index contributed by atoms with van der Waals surface area (Å²) >= 11 is 0. The van der Waals surface area contributed by atoms with Crippen molar-refractivity contribution in [2.24, 2.45) is 10.2 Å². The molecule has 1 aliphatic heterocycles. The summed E-state index contributed by atoms with van der Waals surface area (Å²) in [5, 5.41) is 17.1. The Hall–Kier alpha value is -2.11. The zero-order valence-electron chi connectivity index (χ0n) is 6.95. The Balaban J connectivity index is 2.58. The molecule has 1 amide bonds. The number of carbonyl (C=O) groups excluding carboxylic acids is 1. The van der Waals surface area contributed by atoms with Crippen LogP contribution in [0.5, 0.6) is 0 Å². The van der Waals surface area contributed by atoms with Gasteiger partial charge in [-0.3, -0.25) is 14.9 Å². The van der Waals surface area contributed by atoms with Gasteiger partial charge < -0.3 is 0 Å². The number of benzene rings is 1. The maximum absolute atomic E-state index is 11.2. The van der Waals surface area contributed by atoms with Crippen LogP contribution in [0.3, 0.4) is 0 Å². The molecule has 1 unspecified atom stereocenters. The van der Waals surface area contributed by atoms with Crippen LogP contribution in [0.25, 0.3) is 0 Å². The highest BCUT2D eigenvalue weighted by Crippen LogP contribution is 2.27. The number of rotatable bonds is 1. The van der Waals surface area contributed by atoms with Crippen LogP contribution in [0, 0.1) is 10.1 Å². The van der Waals surface area contributed by atoms with Gasteiger partial charge in [0, 0.05) is 0 Å². The van der Waals surface area contributed by atoms with Crippen LogP contribution in [0.1, 0.15) is 22.1 Å². The van der Waals surface area contributed by atoms with Gasteiger partial charge >= 0.3 is 6.17 Å². The molecule has 1 aliphatic rings. The Morgan fingerprint density at radius 3 is 2.79 bits per heavy atom. The summed E-state index contributed by atoms with van der Waals surface area (Å²) in [6.07, 6.45) is -1.25. The SMILES string of the molecule is O=C1N=NC([N+](=O)[O-])c2ccccc21. The number of hydrogen-bond donors (Lipinski definition) is 0. The molecule has 2 rings (SSSR count). The number of nitrogens with zero attached hydrogens (tertiary/aromatic N) is 3. The van der Waals surface area contributed by atoms with Crippen molar-refractivity contribution >= 4 is 5.91 Å². The van der Waals surface area contributed by atoms with Gasteiger partial charge in [-0.25, -0.2) is 0 Å². The Morgan fingerprint density at radius 2 is 2.07 bits per heavy atom. The molecule has 1 aromatic carbocycles. The largest absolute Gasteiger partial charge is 0.347 e. The maximum Gasteiger partial charge on any atom is 0.347 e. The van der Waals surface area contributed by atoms with Crippen molar-refractivity contribution < 1.29 is 9.72 Å². The molecule has 6 heteroatoms. The molecular weight excluding hydrogens is 186 g/mol. The molecule has 0 radical (unpaired) electrons. The maximum atomic E-state index is 11.2. The minimum atomic E-state index is -1.25. The first kappa shape index (κ1) is 8.49. The number of azo groups is 1. The summed E-state index contributed by atoms with van der Waals surface area (Å²) in [7, 11) is 0. The van der Waals surface area contributed by atoms with Gasteiger partial charge in [0.25, 0.3) is 5.91 Å². The third-order valence-corrected chi connectivity index (χ3v) is 1.93. The molecule has 14 heavy (non-hydrogen) atoms. The standard InChI is InChI=1S/C8H5N3O3/c12-8-6-4-2-1-3-5(6)7(9-10-8)11(13)14/h1-4,7H. The average Bonchev–Trinajstić information content (AvgIpc) is 2.18. The monoisotopic (exact) mass is 191 g/mol. The lowest BCUT2D eigenvalue weighted by molar-refractivity contribution is -0.528. The average molecular weight is 191 g/mol. The number of amides is 1. The number of hydrogen-bond acceptors (Lipinski definition) is 4. The van der Waals surface area contributed by atoms with Crippen molar-refractivity contribution in [3.8, 4) is 0 Å². The van der Waals surface area contributed by atoms with Gasteiger partial charge in [0.1, 0.15) is 0 Å². The molecule has 1 atom stereocenters. The molecule has 0 aliphatic carbocycles. The first-order valence-electron chi connectivity index (χ1n) is 3.88. The molecule has 0 spiro atoms. The van der Waals surface area contributed by atoms with Crippen LogP contribution in [0.2, 0.25) is 0 Å². The summed E-state index contributed by atoms with van der Waals surface area (Å²) in [6.45, 7) is 0. The second-order valence-corrected chi connectivity index (χ2v) is 2.77. The lowest BCUT2D eigenvalue weighted by Gasteiger charge is -2.10. The molecule has 0 saturated carbocycles. The fraction of sp³-hybridized carbons (Fsp3) is 0.125. The van der Waals surface area contributed by atoms with Crippen LogP contribution in [-0.2, 0) is 0 Å². The Labute approximate surface area is 78.4 Å². The van der Waals surface area contributed by atoms with Crippen molar-refractivity contribution in [1.82, 2.24) is 0 Å². The molecule has 0 N–H and O–H groups in total. The molecule has 1 aromatic rings. The molecule has 0 bridgehead atoms. The van der Waals surface area contributed by atoms with E-state index in [1.165, 1.54) is 12.1 Å². The minimum absolute atomic E-state index is 0.254. The van der Waals surface area contributed by atoms with E-state index in [0.717, 1.165) is 0 Å². The summed E-state index contributed by atoms with van der Waals surface area (Å²) < 4.78 is 0. The summed E-state index contributed by atoms with van der Waals surface area (Å²) in [5.41, 5.74) is 0.557. The van der Waals surface area contributed by atoms with Gasteiger partial charge in [-0.15, -0.1) is 10.2 Å². The topological polar surface area (TPSA) is 84.9 Å². The lowest BCUT2D eigenvalue weighted by Crippen LogP contribution is -2.16. The highest BCUT2D eigenvalue weighted by Gasteiger charge is 2.31. The zero-order chi connectivity index (χ0) is 10.1. The molecular formula is C8H5N3O3. The Kier molecular flexibility index (Phi) is 1.81. The lowest BCUT2D eigenvalue weighted by atomic mass is 10.0. The Bertz CT molecular complexity index is 441. The van der Waals surface area contributed by atoms with E-state index in [1.54, 1.807) is 12.1 Å². The van der Waals surface area contributed by atoms with Gasteiger partial charge in [0.05, 0.1) is 16.1 Å². The molecule has 6 nitrogen and oxygen atoms in total. The van der Waals surface area contributed by atoms with E-state index in [9.17, 15) is 14.9 Å². The van der Waals surface area contributed by atoms with Gasteiger partial charge in [-0.05, 0) is 12.1 Å². The second kappa shape index (κ2) is 2.99. The highest BCUT2D eigenvalue weighted by atomic mass is 16.6. The first-order valence-corrected chi connectivity index (χ1v) is 3.88. The molecule has 0 fully saturated rings. The van der Waals surface area contributed by atoms with Gasteiger partial charge in [0.2, 0.25) is 0 Å². The minimum Gasteiger partial charge on any atom is -0.265 e. The molecule has 0 saturated heterocycles. The smallest absolute Gasteiger partial charge is 0.265 e. The van der Waals surface area contributed by atoms with Crippen molar-refractivity contribution in [2.75, 3.05) is 0 Å². The van der Waals surface area contributed by atoms with Gasteiger partial charge in [0.15, 0.2) is 0 Å². The second-order valence-electron chi connectivity index (χ2n) is 2.77. The van der Waals surface area contributed by atoms with E-state index in [2.05, 4.69) is 10.2 Å². The van der Waals surface area contributed by atoms with Gasteiger partial charge in [-0.2, -0.15) is 0 Å². The van der Waals surface area contributed by atoms with Crippen LogP contribution in [0.15, 0.2) is 34.5 Å². The van der Waals surface area contributed by atoms with E-state index in [4.69, 9.17) is 0 Å². The van der Waals surface area contributed by atoms with E-state index in [0.29, 0.717) is 5.56 Å². The first-order chi connectivity index (χ1) is 6.70. The van der Waals surface area contributed by atoms with Crippen LogP contribution in [-0.4, -0.2) is 10.8 Å². The van der Waals surface area contributed by atoms with E-state index >= 15 is 0 Å². The van der Waals surface area contributed by atoms with Crippen LogP contribution in [0.4, 0.5) is 0 Å². The number of carbonyl (C=O) groups is 1.